The van der Waals surface area contributed by atoms with Crippen molar-refractivity contribution in [3.05, 3.63) is 35.4 Å². The maximum atomic E-state index is 13.6. The summed E-state index contributed by atoms with van der Waals surface area (Å²) in [5, 5.41) is 6.38. The Hall–Kier alpha value is -2.02. The summed E-state index contributed by atoms with van der Waals surface area (Å²) in [5.74, 6) is -1.78. The SMILES string of the molecule is CC[C@@H](C)NC(=O)NC(=O)C[NH2+][C@H](C)c1ccc(F)cc1F. The van der Waals surface area contributed by atoms with Crippen LogP contribution in [0.15, 0.2) is 18.2 Å². The lowest BCUT2D eigenvalue weighted by atomic mass is 10.1. The van der Waals surface area contributed by atoms with Gasteiger partial charge in [-0.2, -0.15) is 0 Å². The number of halogens is 2. The Morgan fingerprint density at radius 1 is 1.27 bits per heavy atom. The average Bonchev–Trinajstić information content (AvgIpc) is 2.44. The second-order valence-electron chi connectivity index (χ2n) is 5.23. The highest BCUT2D eigenvalue weighted by Crippen LogP contribution is 2.14. The highest BCUT2D eigenvalue weighted by molar-refractivity contribution is 5.94. The summed E-state index contributed by atoms with van der Waals surface area (Å²) in [6.45, 7) is 5.41. The fourth-order valence-electron chi connectivity index (χ4n) is 1.82. The zero-order chi connectivity index (χ0) is 16.7. The Labute approximate surface area is 128 Å². The molecule has 0 heterocycles. The number of imide groups is 1. The Morgan fingerprint density at radius 2 is 1.95 bits per heavy atom. The first-order chi connectivity index (χ1) is 10.3. The number of carbonyl (C=O) groups excluding carboxylic acids is 2. The van der Waals surface area contributed by atoms with Crippen LogP contribution in [0.4, 0.5) is 13.6 Å². The van der Waals surface area contributed by atoms with Crippen LogP contribution >= 0.6 is 0 Å². The minimum absolute atomic E-state index is 0.0241. The molecular weight excluding hydrogens is 292 g/mol. The Bertz CT molecular complexity index is 538. The minimum Gasteiger partial charge on any atom is -0.335 e. The molecular formula is C15H22F2N3O2+. The molecule has 4 N–H and O–H groups in total. The number of urea groups is 1. The fraction of sp³-hybridized carbons (Fsp3) is 0.467. The number of nitrogens with one attached hydrogen (secondary N) is 2. The van der Waals surface area contributed by atoms with Gasteiger partial charge in [0, 0.05) is 17.7 Å². The predicted octanol–water partition coefficient (Wildman–Crippen LogP) is 1.21. The van der Waals surface area contributed by atoms with Gasteiger partial charge in [-0.15, -0.1) is 0 Å². The number of amides is 3. The number of carbonyl (C=O) groups is 2. The van der Waals surface area contributed by atoms with E-state index in [1.807, 2.05) is 13.8 Å². The van der Waals surface area contributed by atoms with Crippen LogP contribution in [-0.4, -0.2) is 24.5 Å². The molecule has 0 aliphatic heterocycles. The van der Waals surface area contributed by atoms with Crippen LogP contribution in [0, 0.1) is 11.6 Å². The fourth-order valence-corrected chi connectivity index (χ4v) is 1.82. The second-order valence-corrected chi connectivity index (χ2v) is 5.23. The van der Waals surface area contributed by atoms with Gasteiger partial charge in [0.1, 0.15) is 17.7 Å². The number of nitrogens with two attached hydrogens (primary N) is 1. The molecule has 0 radical (unpaired) electrons. The summed E-state index contributed by atoms with van der Waals surface area (Å²) in [6.07, 6.45) is 0.759. The number of hydrogen-bond donors (Lipinski definition) is 3. The monoisotopic (exact) mass is 314 g/mol. The number of rotatable bonds is 6. The lowest BCUT2D eigenvalue weighted by Gasteiger charge is -2.13. The van der Waals surface area contributed by atoms with Crippen LogP contribution in [0.3, 0.4) is 0 Å². The molecule has 0 unspecified atom stereocenters. The van der Waals surface area contributed by atoms with E-state index in [-0.39, 0.29) is 18.6 Å². The molecule has 122 valence electrons. The summed E-state index contributed by atoms with van der Waals surface area (Å²) >= 11 is 0. The van der Waals surface area contributed by atoms with Crippen LogP contribution < -0.4 is 16.0 Å². The first-order valence-corrected chi connectivity index (χ1v) is 7.22. The zero-order valence-electron chi connectivity index (χ0n) is 13.0. The third-order valence-electron chi connectivity index (χ3n) is 3.35. The molecule has 0 saturated carbocycles. The van der Waals surface area contributed by atoms with Crippen LogP contribution in [-0.2, 0) is 4.79 Å². The van der Waals surface area contributed by atoms with E-state index in [9.17, 15) is 18.4 Å². The molecule has 2 atom stereocenters. The molecule has 0 aliphatic carbocycles. The van der Waals surface area contributed by atoms with Crippen LogP contribution in [0.1, 0.15) is 38.8 Å². The van der Waals surface area contributed by atoms with Crippen LogP contribution in [0.25, 0.3) is 0 Å². The number of quaternary nitrogens is 1. The molecule has 3 amide bonds. The third-order valence-corrected chi connectivity index (χ3v) is 3.35. The smallest absolute Gasteiger partial charge is 0.321 e. The molecule has 0 aliphatic rings. The van der Waals surface area contributed by atoms with Crippen molar-refractivity contribution in [3.8, 4) is 0 Å². The van der Waals surface area contributed by atoms with Crippen molar-refractivity contribution in [2.24, 2.45) is 0 Å². The van der Waals surface area contributed by atoms with Gasteiger partial charge in [0.15, 0.2) is 6.54 Å². The van der Waals surface area contributed by atoms with Gasteiger partial charge in [0.05, 0.1) is 0 Å². The van der Waals surface area contributed by atoms with E-state index in [2.05, 4.69) is 10.6 Å². The van der Waals surface area contributed by atoms with E-state index < -0.39 is 23.6 Å². The van der Waals surface area contributed by atoms with Crippen molar-refractivity contribution in [3.63, 3.8) is 0 Å². The maximum Gasteiger partial charge on any atom is 0.321 e. The number of hydrogen-bond acceptors (Lipinski definition) is 2. The quantitative estimate of drug-likeness (QED) is 0.738. The predicted molar refractivity (Wildman–Crippen MR) is 78.0 cm³/mol. The van der Waals surface area contributed by atoms with Gasteiger partial charge in [0.2, 0.25) is 0 Å². The summed E-state index contributed by atoms with van der Waals surface area (Å²) in [7, 11) is 0. The van der Waals surface area contributed by atoms with Crippen LogP contribution in [0.5, 0.6) is 0 Å². The molecule has 7 heteroatoms. The lowest BCUT2D eigenvalue weighted by molar-refractivity contribution is -0.682. The molecule has 1 aromatic rings. The zero-order valence-corrected chi connectivity index (χ0v) is 13.0. The van der Waals surface area contributed by atoms with Gasteiger partial charge in [-0.3, -0.25) is 10.1 Å². The van der Waals surface area contributed by atoms with E-state index in [0.29, 0.717) is 5.56 Å². The minimum atomic E-state index is -0.654. The topological polar surface area (TPSA) is 74.8 Å². The molecule has 22 heavy (non-hydrogen) atoms. The summed E-state index contributed by atoms with van der Waals surface area (Å²) in [4.78, 5) is 23.1. The van der Waals surface area contributed by atoms with E-state index in [1.165, 1.54) is 12.1 Å². The van der Waals surface area contributed by atoms with Gasteiger partial charge >= 0.3 is 6.03 Å². The Kier molecular flexibility index (Phi) is 6.91. The summed E-state index contributed by atoms with van der Waals surface area (Å²) < 4.78 is 26.4. The van der Waals surface area contributed by atoms with Crippen molar-refractivity contribution < 1.29 is 23.7 Å². The van der Waals surface area contributed by atoms with Gasteiger partial charge in [0.25, 0.3) is 5.91 Å². The molecule has 1 aromatic carbocycles. The number of benzene rings is 1. The normalized spacial score (nSPS) is 13.3. The average molecular weight is 314 g/mol. The molecule has 5 nitrogen and oxygen atoms in total. The summed E-state index contributed by atoms with van der Waals surface area (Å²) in [6, 6.07) is 2.38. The van der Waals surface area contributed by atoms with Crippen molar-refractivity contribution in [1.82, 2.24) is 10.6 Å². The molecule has 0 aromatic heterocycles. The van der Waals surface area contributed by atoms with Crippen molar-refractivity contribution in [2.45, 2.75) is 39.3 Å². The molecule has 0 saturated heterocycles. The van der Waals surface area contributed by atoms with Crippen molar-refractivity contribution in [2.75, 3.05) is 6.54 Å². The van der Waals surface area contributed by atoms with Crippen LogP contribution in [0.2, 0.25) is 0 Å². The highest BCUT2D eigenvalue weighted by atomic mass is 19.1. The Balaban J connectivity index is 2.45. The van der Waals surface area contributed by atoms with Crippen molar-refractivity contribution in [1.29, 1.82) is 0 Å². The van der Waals surface area contributed by atoms with Gasteiger partial charge in [-0.05, 0) is 32.4 Å². The molecule has 0 bridgehead atoms. The Morgan fingerprint density at radius 3 is 2.55 bits per heavy atom. The van der Waals surface area contributed by atoms with Crippen molar-refractivity contribution >= 4 is 11.9 Å². The van der Waals surface area contributed by atoms with E-state index in [4.69, 9.17) is 0 Å². The first kappa shape index (κ1) is 18.0. The second kappa shape index (κ2) is 8.43. The molecule has 0 fully saturated rings. The molecule has 1 rings (SSSR count). The van der Waals surface area contributed by atoms with E-state index in [1.54, 1.807) is 12.2 Å². The standard InChI is InChI=1S/C15H21F2N3O2/c1-4-9(2)19-15(22)20-14(21)8-18-10(3)12-6-5-11(16)7-13(12)17/h5-7,9-10,18H,4,8H2,1-3H3,(H2,19,20,21,22)/p+1/t9-,10-/m1/s1. The first-order valence-electron chi connectivity index (χ1n) is 7.22. The highest BCUT2D eigenvalue weighted by Gasteiger charge is 2.17. The third kappa shape index (κ3) is 5.77. The van der Waals surface area contributed by atoms with Gasteiger partial charge in [-0.1, -0.05) is 6.92 Å². The van der Waals surface area contributed by atoms with Gasteiger partial charge in [-0.25, -0.2) is 13.6 Å². The largest absolute Gasteiger partial charge is 0.335 e. The maximum absolute atomic E-state index is 13.6. The van der Waals surface area contributed by atoms with Gasteiger partial charge < -0.3 is 10.6 Å². The van der Waals surface area contributed by atoms with E-state index in [0.717, 1.165) is 12.5 Å². The molecule has 0 spiro atoms. The van der Waals surface area contributed by atoms with E-state index >= 15 is 0 Å². The lowest BCUT2D eigenvalue weighted by Crippen LogP contribution is -2.87. The summed E-state index contributed by atoms with van der Waals surface area (Å²) in [5.41, 5.74) is 0.304.